The second kappa shape index (κ2) is 6.06. The Morgan fingerprint density at radius 3 is 3.07 bits per heavy atom. The summed E-state index contributed by atoms with van der Waals surface area (Å²) in [7, 11) is 0. The molecule has 14 heavy (non-hydrogen) atoms. The number of hydrogen-bond donors (Lipinski definition) is 2. The minimum absolute atomic E-state index is 0.486. The fraction of sp³-hybridized carbons (Fsp3) is 0.444. The van der Waals surface area contributed by atoms with Crippen LogP contribution >= 0.6 is 23.1 Å². The molecule has 0 fully saturated rings. The number of nitrogens with two attached hydrogens (primary N) is 1. The summed E-state index contributed by atoms with van der Waals surface area (Å²) >= 11 is 3.27. The Bertz CT molecular complexity index is 274. The molecule has 1 heterocycles. The summed E-state index contributed by atoms with van der Waals surface area (Å²) in [5.41, 5.74) is 6.67. The van der Waals surface area contributed by atoms with Crippen molar-refractivity contribution in [1.82, 2.24) is 0 Å². The minimum atomic E-state index is -0.923. The Balaban J connectivity index is 2.08. The number of rotatable bonds is 6. The lowest BCUT2D eigenvalue weighted by atomic mass is 10.3. The molecular weight excluding hydrogens is 218 g/mol. The van der Waals surface area contributed by atoms with Crippen molar-refractivity contribution >= 4 is 29.1 Å². The van der Waals surface area contributed by atoms with Crippen LogP contribution in [0.1, 0.15) is 5.56 Å². The van der Waals surface area contributed by atoms with E-state index in [9.17, 15) is 4.79 Å². The number of aryl methyl sites for hydroxylation is 1. The molecule has 1 aromatic rings. The van der Waals surface area contributed by atoms with Crippen LogP contribution < -0.4 is 5.73 Å². The van der Waals surface area contributed by atoms with Crippen LogP contribution in [0.15, 0.2) is 16.8 Å². The standard InChI is InChI=1S/C9H13NO2S2/c10-8(9(11)12)6-14-4-2-7-1-3-13-5-7/h1,3,5,8H,2,4,6,10H2,(H,11,12)/t8-/m0/s1. The number of thiophene rings is 1. The molecular formula is C9H13NO2S2. The summed E-state index contributed by atoms with van der Waals surface area (Å²) in [4.78, 5) is 10.4. The van der Waals surface area contributed by atoms with Gasteiger partial charge in [-0.15, -0.1) is 0 Å². The van der Waals surface area contributed by atoms with Gasteiger partial charge in [0.2, 0.25) is 0 Å². The number of thioether (sulfide) groups is 1. The molecule has 0 aliphatic heterocycles. The van der Waals surface area contributed by atoms with Crippen LogP contribution in [0.25, 0.3) is 0 Å². The first-order chi connectivity index (χ1) is 6.70. The van der Waals surface area contributed by atoms with Crippen molar-refractivity contribution in [1.29, 1.82) is 0 Å². The molecule has 3 N–H and O–H groups in total. The number of aliphatic carboxylic acids is 1. The summed E-state index contributed by atoms with van der Waals surface area (Å²) in [6, 6.07) is 1.35. The first-order valence-corrected chi connectivity index (χ1v) is 6.37. The van der Waals surface area contributed by atoms with Crippen LogP contribution in [0, 0.1) is 0 Å². The second-order valence-electron chi connectivity index (χ2n) is 2.90. The molecule has 0 radical (unpaired) electrons. The Labute approximate surface area is 91.3 Å². The van der Waals surface area contributed by atoms with Gasteiger partial charge in [0.05, 0.1) is 0 Å². The van der Waals surface area contributed by atoms with Crippen LogP contribution in [0.5, 0.6) is 0 Å². The van der Waals surface area contributed by atoms with Gasteiger partial charge >= 0.3 is 5.97 Å². The van der Waals surface area contributed by atoms with E-state index in [-0.39, 0.29) is 0 Å². The average molecular weight is 231 g/mol. The molecule has 5 heteroatoms. The molecule has 1 atom stereocenters. The molecule has 3 nitrogen and oxygen atoms in total. The van der Waals surface area contributed by atoms with Gasteiger partial charge in [0.15, 0.2) is 0 Å². The van der Waals surface area contributed by atoms with Gasteiger partial charge in [0.25, 0.3) is 0 Å². The summed E-state index contributed by atoms with van der Waals surface area (Å²) in [6.45, 7) is 0. The molecule has 0 saturated carbocycles. The zero-order chi connectivity index (χ0) is 10.4. The maximum Gasteiger partial charge on any atom is 0.321 e. The fourth-order valence-corrected chi connectivity index (χ4v) is 2.55. The Hall–Kier alpha value is -0.520. The lowest BCUT2D eigenvalue weighted by Gasteiger charge is -2.04. The molecule has 1 aromatic heterocycles. The molecule has 0 aliphatic carbocycles. The van der Waals surface area contributed by atoms with Crippen LogP contribution in [-0.4, -0.2) is 28.6 Å². The highest BCUT2D eigenvalue weighted by Crippen LogP contribution is 2.10. The monoisotopic (exact) mass is 231 g/mol. The maximum atomic E-state index is 10.4. The molecule has 0 unspecified atom stereocenters. The predicted octanol–water partition coefficient (Wildman–Crippen LogP) is 1.44. The van der Waals surface area contributed by atoms with Crippen LogP contribution in [0.3, 0.4) is 0 Å². The van der Waals surface area contributed by atoms with Gasteiger partial charge < -0.3 is 10.8 Å². The molecule has 0 aliphatic rings. The fourth-order valence-electron chi connectivity index (χ4n) is 0.907. The van der Waals surface area contributed by atoms with Crippen molar-refractivity contribution in [3.8, 4) is 0 Å². The third kappa shape index (κ3) is 4.13. The van der Waals surface area contributed by atoms with Crippen molar-refractivity contribution in [2.24, 2.45) is 5.73 Å². The van der Waals surface area contributed by atoms with E-state index in [0.29, 0.717) is 5.75 Å². The smallest absolute Gasteiger partial charge is 0.321 e. The largest absolute Gasteiger partial charge is 0.480 e. The molecule has 0 aromatic carbocycles. The third-order valence-electron chi connectivity index (χ3n) is 1.73. The lowest BCUT2D eigenvalue weighted by Crippen LogP contribution is -2.32. The normalized spacial score (nSPS) is 12.6. The first kappa shape index (κ1) is 11.6. The maximum absolute atomic E-state index is 10.4. The predicted molar refractivity (Wildman–Crippen MR) is 61.0 cm³/mol. The van der Waals surface area contributed by atoms with Crippen LogP contribution in [-0.2, 0) is 11.2 Å². The number of carbonyl (C=O) groups is 1. The highest BCUT2D eigenvalue weighted by atomic mass is 32.2. The van der Waals surface area contributed by atoms with Gasteiger partial charge in [0.1, 0.15) is 6.04 Å². The third-order valence-corrected chi connectivity index (χ3v) is 3.55. The zero-order valence-corrected chi connectivity index (χ0v) is 9.31. The van der Waals surface area contributed by atoms with Gasteiger partial charge in [-0.05, 0) is 34.6 Å². The summed E-state index contributed by atoms with van der Waals surface area (Å²) in [6.07, 6.45) is 0.987. The quantitative estimate of drug-likeness (QED) is 0.727. The lowest BCUT2D eigenvalue weighted by molar-refractivity contribution is -0.137. The highest BCUT2D eigenvalue weighted by Gasteiger charge is 2.10. The van der Waals surface area contributed by atoms with Crippen molar-refractivity contribution in [3.63, 3.8) is 0 Å². The molecule has 0 amide bonds. The van der Waals surface area contributed by atoms with Crippen molar-refractivity contribution in [2.75, 3.05) is 11.5 Å². The Morgan fingerprint density at radius 2 is 2.50 bits per heavy atom. The van der Waals surface area contributed by atoms with E-state index < -0.39 is 12.0 Å². The number of carboxylic acids is 1. The SMILES string of the molecule is N[C@@H](CSCCc1ccsc1)C(=O)O. The van der Waals surface area contributed by atoms with Crippen LogP contribution in [0.4, 0.5) is 0 Å². The number of hydrogen-bond acceptors (Lipinski definition) is 4. The summed E-state index contributed by atoms with van der Waals surface area (Å²) < 4.78 is 0. The number of carboxylic acid groups (broad SMARTS) is 1. The molecule has 0 saturated heterocycles. The molecule has 78 valence electrons. The first-order valence-electron chi connectivity index (χ1n) is 4.27. The zero-order valence-electron chi connectivity index (χ0n) is 7.68. The van der Waals surface area contributed by atoms with Gasteiger partial charge in [-0.2, -0.15) is 23.1 Å². The molecule has 0 bridgehead atoms. The highest BCUT2D eigenvalue weighted by molar-refractivity contribution is 7.99. The van der Waals surface area contributed by atoms with E-state index in [0.717, 1.165) is 12.2 Å². The van der Waals surface area contributed by atoms with Gasteiger partial charge in [-0.1, -0.05) is 0 Å². The summed E-state index contributed by atoms with van der Waals surface area (Å²) in [5, 5.41) is 12.7. The second-order valence-corrected chi connectivity index (χ2v) is 4.83. The molecule has 1 rings (SSSR count). The molecule has 0 spiro atoms. The van der Waals surface area contributed by atoms with Gasteiger partial charge in [0, 0.05) is 5.75 Å². The van der Waals surface area contributed by atoms with Crippen molar-refractivity contribution < 1.29 is 9.90 Å². The van der Waals surface area contributed by atoms with E-state index in [1.165, 1.54) is 5.56 Å². The van der Waals surface area contributed by atoms with Crippen molar-refractivity contribution in [3.05, 3.63) is 22.4 Å². The Kier molecular flexibility index (Phi) is 5.00. The summed E-state index contributed by atoms with van der Waals surface area (Å²) in [5.74, 6) is 0.491. The van der Waals surface area contributed by atoms with Gasteiger partial charge in [-0.25, -0.2) is 0 Å². The van der Waals surface area contributed by atoms with Gasteiger partial charge in [-0.3, -0.25) is 4.79 Å². The van der Waals surface area contributed by atoms with E-state index in [1.54, 1.807) is 23.1 Å². The van der Waals surface area contributed by atoms with E-state index in [4.69, 9.17) is 10.8 Å². The Morgan fingerprint density at radius 1 is 1.71 bits per heavy atom. The van der Waals surface area contributed by atoms with Crippen LogP contribution in [0.2, 0.25) is 0 Å². The topological polar surface area (TPSA) is 63.3 Å². The van der Waals surface area contributed by atoms with E-state index in [1.807, 2.05) is 5.38 Å². The van der Waals surface area contributed by atoms with E-state index >= 15 is 0 Å². The van der Waals surface area contributed by atoms with E-state index in [2.05, 4.69) is 11.4 Å². The average Bonchev–Trinajstić information content (AvgIpc) is 2.64. The minimum Gasteiger partial charge on any atom is -0.480 e. The van der Waals surface area contributed by atoms with Crippen molar-refractivity contribution in [2.45, 2.75) is 12.5 Å².